The SMILES string of the molecule is CC(C)Sc1nnc(N2C(N)=C(C#N)C3(C(=O)Nc4ccccc43)C3=C2CC(C)(C)CC3=O)s1. The van der Waals surface area contributed by atoms with Gasteiger partial charge in [0.2, 0.25) is 11.0 Å². The van der Waals surface area contributed by atoms with Crippen LogP contribution in [-0.4, -0.2) is 27.1 Å². The lowest BCUT2D eigenvalue weighted by Gasteiger charge is -2.45. The molecule has 1 spiro atoms. The summed E-state index contributed by atoms with van der Waals surface area (Å²) in [5.74, 6) is -0.484. The van der Waals surface area contributed by atoms with Gasteiger partial charge in [-0.25, -0.2) is 0 Å². The summed E-state index contributed by atoms with van der Waals surface area (Å²) in [5, 5.41) is 22.7. The number of rotatable bonds is 3. The average Bonchev–Trinajstić information content (AvgIpc) is 3.30. The first-order valence-electron chi connectivity index (χ1n) is 11.0. The number of carbonyl (C=O) groups excluding carboxylic acids is 2. The number of nitrogens with zero attached hydrogens (tertiary/aromatic N) is 4. The van der Waals surface area contributed by atoms with E-state index in [1.54, 1.807) is 34.9 Å². The molecule has 0 saturated carbocycles. The molecule has 8 nitrogen and oxygen atoms in total. The molecule has 5 rings (SSSR count). The fourth-order valence-electron chi connectivity index (χ4n) is 5.13. The van der Waals surface area contributed by atoms with E-state index in [2.05, 4.69) is 35.4 Å². The number of hydrogen-bond donors (Lipinski definition) is 2. The van der Waals surface area contributed by atoms with E-state index in [-0.39, 0.29) is 29.0 Å². The van der Waals surface area contributed by atoms with Gasteiger partial charge in [0.25, 0.3) is 0 Å². The molecule has 34 heavy (non-hydrogen) atoms. The van der Waals surface area contributed by atoms with Crippen molar-refractivity contribution in [2.24, 2.45) is 11.1 Å². The lowest BCUT2D eigenvalue weighted by molar-refractivity contribution is -0.123. The van der Waals surface area contributed by atoms with Gasteiger partial charge in [-0.05, 0) is 17.9 Å². The summed E-state index contributed by atoms with van der Waals surface area (Å²) in [6, 6.07) is 9.36. The molecule has 3 heterocycles. The Labute approximate surface area is 205 Å². The van der Waals surface area contributed by atoms with Crippen LogP contribution < -0.4 is 16.0 Å². The molecule has 174 valence electrons. The molecule has 0 bridgehead atoms. The van der Waals surface area contributed by atoms with E-state index in [4.69, 9.17) is 5.73 Å². The number of carbonyl (C=O) groups is 2. The third-order valence-electron chi connectivity index (χ3n) is 6.32. The van der Waals surface area contributed by atoms with Crippen LogP contribution >= 0.6 is 23.1 Å². The van der Waals surface area contributed by atoms with Crippen LogP contribution in [0.2, 0.25) is 0 Å². The first kappa shape index (κ1) is 22.6. The second kappa shape index (κ2) is 7.68. The molecule has 1 unspecified atom stereocenters. The van der Waals surface area contributed by atoms with E-state index in [9.17, 15) is 14.9 Å². The van der Waals surface area contributed by atoms with Gasteiger partial charge < -0.3 is 11.1 Å². The Morgan fingerprint density at radius 3 is 2.68 bits per heavy atom. The Bertz CT molecular complexity index is 1350. The van der Waals surface area contributed by atoms with Gasteiger partial charge in [0.15, 0.2) is 10.1 Å². The molecular formula is C24H24N6O2S2. The van der Waals surface area contributed by atoms with E-state index in [1.165, 1.54) is 11.3 Å². The number of nitriles is 1. The fourth-order valence-corrected chi connectivity index (χ4v) is 7.24. The van der Waals surface area contributed by atoms with Crippen molar-refractivity contribution in [2.45, 2.75) is 55.5 Å². The molecule has 1 amide bonds. The highest BCUT2D eigenvalue weighted by molar-refractivity contribution is 8.01. The molecule has 3 N–H and O–H groups in total. The molecule has 0 radical (unpaired) electrons. The van der Waals surface area contributed by atoms with Crippen molar-refractivity contribution in [1.82, 2.24) is 10.2 Å². The Morgan fingerprint density at radius 1 is 1.24 bits per heavy atom. The van der Waals surface area contributed by atoms with E-state index < -0.39 is 11.3 Å². The van der Waals surface area contributed by atoms with Gasteiger partial charge in [-0.15, -0.1) is 10.2 Å². The summed E-state index contributed by atoms with van der Waals surface area (Å²) >= 11 is 2.94. The predicted octanol–water partition coefficient (Wildman–Crippen LogP) is 4.09. The van der Waals surface area contributed by atoms with Crippen molar-refractivity contribution in [3.8, 4) is 6.07 Å². The number of amides is 1. The monoisotopic (exact) mass is 492 g/mol. The van der Waals surface area contributed by atoms with Gasteiger partial charge in [-0.1, -0.05) is 69.0 Å². The van der Waals surface area contributed by atoms with Crippen LogP contribution in [0.15, 0.2) is 51.3 Å². The maximum absolute atomic E-state index is 13.8. The Kier molecular flexibility index (Phi) is 5.11. The second-order valence-corrected chi connectivity index (χ2v) is 12.5. The number of benzene rings is 1. The van der Waals surface area contributed by atoms with Gasteiger partial charge in [0.05, 0.1) is 5.57 Å². The van der Waals surface area contributed by atoms with Crippen molar-refractivity contribution in [3.63, 3.8) is 0 Å². The number of hydrogen-bond acceptors (Lipinski definition) is 9. The number of nitrogens with two attached hydrogens (primary N) is 1. The minimum atomic E-state index is -1.57. The third-order valence-corrected chi connectivity index (χ3v) is 8.32. The zero-order valence-corrected chi connectivity index (χ0v) is 20.9. The van der Waals surface area contributed by atoms with Crippen LogP contribution in [-0.2, 0) is 15.0 Å². The summed E-state index contributed by atoms with van der Waals surface area (Å²) in [6.45, 7) is 8.17. The summed E-state index contributed by atoms with van der Waals surface area (Å²) in [6.07, 6.45) is 0.761. The summed E-state index contributed by atoms with van der Waals surface area (Å²) in [5.41, 5.74) is 6.87. The van der Waals surface area contributed by atoms with E-state index in [1.807, 2.05) is 19.9 Å². The molecule has 3 aliphatic rings. The number of Topliss-reactive ketones (excluding diaryl/α,β-unsaturated/α-hetero) is 1. The van der Waals surface area contributed by atoms with Crippen molar-refractivity contribution >= 4 is 45.6 Å². The van der Waals surface area contributed by atoms with Crippen molar-refractivity contribution in [3.05, 3.63) is 52.5 Å². The van der Waals surface area contributed by atoms with Gasteiger partial charge in [-0.3, -0.25) is 14.5 Å². The molecule has 2 aliphatic heterocycles. The summed E-state index contributed by atoms with van der Waals surface area (Å²) in [7, 11) is 0. The number of fused-ring (bicyclic) bond motifs is 3. The molecule has 2 aromatic rings. The standard InChI is InChI=1S/C24H24N6O2S2/c1-12(2)33-22-29-28-21(34-22)30-16-9-23(3,4)10-17(31)18(16)24(14(11-25)19(30)26)13-7-5-6-8-15(13)27-20(24)32/h5-8,12H,9-10,26H2,1-4H3,(H,27,32). The van der Waals surface area contributed by atoms with Gasteiger partial charge in [-0.2, -0.15) is 5.26 Å². The number of anilines is 2. The summed E-state index contributed by atoms with van der Waals surface area (Å²) < 4.78 is 0.768. The molecule has 0 saturated heterocycles. The first-order chi connectivity index (χ1) is 16.1. The molecule has 10 heteroatoms. The molecule has 1 atom stereocenters. The summed E-state index contributed by atoms with van der Waals surface area (Å²) in [4.78, 5) is 29.1. The highest BCUT2D eigenvalue weighted by Crippen LogP contribution is 2.57. The third kappa shape index (κ3) is 3.11. The van der Waals surface area contributed by atoms with Crippen LogP contribution in [0, 0.1) is 16.7 Å². The van der Waals surface area contributed by atoms with Gasteiger partial charge in [0, 0.05) is 34.2 Å². The zero-order chi connectivity index (χ0) is 24.4. The number of nitrogens with one attached hydrogen (secondary N) is 1. The van der Waals surface area contributed by atoms with Crippen LogP contribution in [0.3, 0.4) is 0 Å². The van der Waals surface area contributed by atoms with Gasteiger partial charge in [0.1, 0.15) is 17.3 Å². The molecule has 1 aliphatic carbocycles. The largest absolute Gasteiger partial charge is 0.384 e. The number of thioether (sulfide) groups is 1. The topological polar surface area (TPSA) is 125 Å². The minimum absolute atomic E-state index is 0.0371. The molecule has 1 aromatic carbocycles. The van der Waals surface area contributed by atoms with Crippen LogP contribution in [0.25, 0.3) is 0 Å². The highest BCUT2D eigenvalue weighted by atomic mass is 32.2. The van der Waals surface area contributed by atoms with Gasteiger partial charge >= 0.3 is 0 Å². The van der Waals surface area contributed by atoms with Crippen LogP contribution in [0.4, 0.5) is 10.8 Å². The maximum atomic E-state index is 13.8. The molecule has 1 aromatic heterocycles. The second-order valence-electron chi connectivity index (χ2n) is 9.74. The smallest absolute Gasteiger partial charge is 0.245 e. The van der Waals surface area contributed by atoms with E-state index >= 15 is 0 Å². The van der Waals surface area contributed by atoms with Crippen LogP contribution in [0.1, 0.15) is 46.1 Å². The lowest BCUT2D eigenvalue weighted by atomic mass is 9.61. The van der Waals surface area contributed by atoms with E-state index in [0.29, 0.717) is 39.3 Å². The number of ketones is 1. The Hall–Kier alpha value is -3.16. The fraction of sp³-hybridized carbons (Fsp3) is 0.375. The van der Waals surface area contributed by atoms with Crippen molar-refractivity contribution in [1.29, 1.82) is 5.26 Å². The quantitative estimate of drug-likeness (QED) is 0.614. The predicted molar refractivity (Wildman–Crippen MR) is 132 cm³/mol. The van der Waals surface area contributed by atoms with Crippen molar-refractivity contribution < 1.29 is 9.59 Å². The minimum Gasteiger partial charge on any atom is -0.384 e. The maximum Gasteiger partial charge on any atom is 0.245 e. The Morgan fingerprint density at radius 2 is 1.97 bits per heavy atom. The van der Waals surface area contributed by atoms with Crippen LogP contribution in [0.5, 0.6) is 0 Å². The molecular weight excluding hydrogens is 468 g/mol. The number of aromatic nitrogens is 2. The van der Waals surface area contributed by atoms with E-state index in [0.717, 1.165) is 4.34 Å². The number of allylic oxidation sites excluding steroid dienone is 1. The zero-order valence-electron chi connectivity index (χ0n) is 19.3. The number of para-hydroxylation sites is 1. The van der Waals surface area contributed by atoms with Crippen molar-refractivity contribution in [2.75, 3.05) is 10.2 Å². The highest BCUT2D eigenvalue weighted by Gasteiger charge is 2.61. The lowest BCUT2D eigenvalue weighted by Crippen LogP contribution is -2.52. The first-order valence-corrected chi connectivity index (χ1v) is 12.7. The molecule has 0 fully saturated rings. The Balaban J connectivity index is 1.82. The normalized spacial score (nSPS) is 23.4. The average molecular weight is 493 g/mol.